The largest absolute Gasteiger partial charge is 0.464 e. The van der Waals surface area contributed by atoms with Crippen LogP contribution in [0.2, 0.25) is 0 Å². The van der Waals surface area contributed by atoms with Crippen LogP contribution in [0.15, 0.2) is 0 Å². The fourth-order valence-electron chi connectivity index (χ4n) is 1.79. The molecule has 0 saturated carbocycles. The standard InChI is InChI=1S/C13H24N6O2/c1-6-19(7-2)10(20)9(4)15-12-16-11(14-5)17-13(18-12)21-8-3/h9H,6-8H2,1-5H3,(H2,14,15,16,17,18). The maximum atomic E-state index is 12.2. The average Bonchev–Trinajstić information content (AvgIpc) is 2.48. The van der Waals surface area contributed by atoms with E-state index >= 15 is 0 Å². The second-order valence-corrected chi connectivity index (χ2v) is 4.32. The number of rotatable bonds is 8. The van der Waals surface area contributed by atoms with Crippen LogP contribution in [-0.2, 0) is 4.79 Å². The molecule has 0 aromatic carbocycles. The zero-order valence-electron chi connectivity index (χ0n) is 13.3. The third-order valence-electron chi connectivity index (χ3n) is 2.90. The minimum Gasteiger partial charge on any atom is -0.464 e. The Morgan fingerprint density at radius 3 is 2.33 bits per heavy atom. The molecule has 0 spiro atoms. The molecule has 21 heavy (non-hydrogen) atoms. The van der Waals surface area contributed by atoms with Gasteiger partial charge in [0.25, 0.3) is 0 Å². The SMILES string of the molecule is CCOc1nc(NC)nc(NC(C)C(=O)N(CC)CC)n1. The first-order valence-corrected chi connectivity index (χ1v) is 7.17. The number of hydrogen-bond donors (Lipinski definition) is 2. The predicted octanol–water partition coefficient (Wildman–Crippen LogP) is 0.981. The first kappa shape index (κ1) is 16.9. The second-order valence-electron chi connectivity index (χ2n) is 4.32. The molecule has 8 heteroatoms. The number of nitrogens with one attached hydrogen (secondary N) is 2. The van der Waals surface area contributed by atoms with E-state index in [0.29, 0.717) is 31.6 Å². The first-order valence-electron chi connectivity index (χ1n) is 7.17. The molecule has 0 fully saturated rings. The highest BCUT2D eigenvalue weighted by atomic mass is 16.5. The van der Waals surface area contributed by atoms with Gasteiger partial charge in [0, 0.05) is 20.1 Å². The fraction of sp³-hybridized carbons (Fsp3) is 0.692. The first-order chi connectivity index (χ1) is 10.0. The van der Waals surface area contributed by atoms with Gasteiger partial charge in [0.1, 0.15) is 6.04 Å². The molecule has 0 aliphatic heterocycles. The van der Waals surface area contributed by atoms with Gasteiger partial charge in [0.05, 0.1) is 6.61 Å². The van der Waals surface area contributed by atoms with Gasteiger partial charge in [-0.1, -0.05) is 0 Å². The number of carbonyl (C=O) groups excluding carboxylic acids is 1. The van der Waals surface area contributed by atoms with Crippen molar-refractivity contribution in [3.8, 4) is 6.01 Å². The van der Waals surface area contributed by atoms with E-state index in [-0.39, 0.29) is 11.9 Å². The van der Waals surface area contributed by atoms with Crippen molar-refractivity contribution in [2.24, 2.45) is 0 Å². The van der Waals surface area contributed by atoms with E-state index in [0.717, 1.165) is 0 Å². The molecule has 1 atom stereocenters. The summed E-state index contributed by atoms with van der Waals surface area (Å²) in [5, 5.41) is 5.83. The van der Waals surface area contributed by atoms with Gasteiger partial charge in [-0.15, -0.1) is 0 Å². The molecular formula is C13H24N6O2. The Labute approximate surface area is 125 Å². The summed E-state index contributed by atoms with van der Waals surface area (Å²) in [7, 11) is 1.71. The summed E-state index contributed by atoms with van der Waals surface area (Å²) in [5.74, 6) is 0.702. The number of nitrogens with zero attached hydrogens (tertiary/aromatic N) is 4. The van der Waals surface area contributed by atoms with Gasteiger partial charge in [-0.05, 0) is 27.7 Å². The highest BCUT2D eigenvalue weighted by Gasteiger charge is 2.19. The number of anilines is 2. The van der Waals surface area contributed by atoms with E-state index in [2.05, 4.69) is 25.6 Å². The molecular weight excluding hydrogens is 272 g/mol. The van der Waals surface area contributed by atoms with Gasteiger partial charge in [-0.25, -0.2) is 0 Å². The molecule has 0 bridgehead atoms. The predicted molar refractivity (Wildman–Crippen MR) is 81.6 cm³/mol. The Morgan fingerprint density at radius 2 is 1.81 bits per heavy atom. The van der Waals surface area contributed by atoms with Crippen molar-refractivity contribution in [3.63, 3.8) is 0 Å². The quantitative estimate of drug-likeness (QED) is 0.738. The van der Waals surface area contributed by atoms with Crippen LogP contribution in [0.3, 0.4) is 0 Å². The topological polar surface area (TPSA) is 92.3 Å². The van der Waals surface area contributed by atoms with Crippen molar-refractivity contribution >= 4 is 17.8 Å². The minimum absolute atomic E-state index is 0.00406. The average molecular weight is 296 g/mol. The van der Waals surface area contributed by atoms with Crippen molar-refractivity contribution in [2.75, 3.05) is 37.4 Å². The van der Waals surface area contributed by atoms with Gasteiger partial charge in [0.2, 0.25) is 17.8 Å². The molecule has 8 nitrogen and oxygen atoms in total. The number of aromatic nitrogens is 3. The molecule has 118 valence electrons. The van der Waals surface area contributed by atoms with Gasteiger partial charge in [-0.3, -0.25) is 4.79 Å². The molecule has 1 unspecified atom stereocenters. The lowest BCUT2D eigenvalue weighted by Crippen LogP contribution is -2.41. The summed E-state index contributed by atoms with van der Waals surface area (Å²) in [6, 6.07) is -0.201. The molecule has 1 rings (SSSR count). The Hall–Kier alpha value is -2.12. The van der Waals surface area contributed by atoms with Crippen molar-refractivity contribution in [1.29, 1.82) is 0 Å². The Balaban J connectivity index is 2.85. The number of hydrogen-bond acceptors (Lipinski definition) is 7. The fourth-order valence-corrected chi connectivity index (χ4v) is 1.79. The lowest BCUT2D eigenvalue weighted by Gasteiger charge is -2.23. The van der Waals surface area contributed by atoms with E-state index in [1.165, 1.54) is 0 Å². The Bertz CT molecular complexity index is 464. The van der Waals surface area contributed by atoms with E-state index in [9.17, 15) is 4.79 Å². The van der Waals surface area contributed by atoms with Crippen LogP contribution in [0.1, 0.15) is 27.7 Å². The van der Waals surface area contributed by atoms with Crippen molar-refractivity contribution in [1.82, 2.24) is 19.9 Å². The summed E-state index contributed by atoms with van der Waals surface area (Å²) < 4.78 is 5.28. The third-order valence-corrected chi connectivity index (χ3v) is 2.90. The Kier molecular flexibility index (Phi) is 6.64. The molecule has 1 amide bonds. The lowest BCUT2D eigenvalue weighted by molar-refractivity contribution is -0.131. The number of amides is 1. The number of ether oxygens (including phenoxy) is 1. The zero-order chi connectivity index (χ0) is 15.8. The van der Waals surface area contributed by atoms with Crippen molar-refractivity contribution < 1.29 is 9.53 Å². The third kappa shape index (κ3) is 4.73. The van der Waals surface area contributed by atoms with E-state index in [4.69, 9.17) is 4.74 Å². The summed E-state index contributed by atoms with van der Waals surface area (Å²) >= 11 is 0. The summed E-state index contributed by atoms with van der Waals surface area (Å²) in [5.41, 5.74) is 0. The van der Waals surface area contributed by atoms with Crippen LogP contribution in [-0.4, -0.2) is 58.5 Å². The van der Waals surface area contributed by atoms with Gasteiger partial charge in [0.15, 0.2) is 0 Å². The second kappa shape index (κ2) is 8.23. The molecule has 0 radical (unpaired) electrons. The van der Waals surface area contributed by atoms with Gasteiger partial charge >= 0.3 is 6.01 Å². The maximum Gasteiger partial charge on any atom is 0.323 e. The van der Waals surface area contributed by atoms with Crippen LogP contribution in [0, 0.1) is 0 Å². The monoisotopic (exact) mass is 296 g/mol. The lowest BCUT2D eigenvalue weighted by atomic mass is 10.3. The van der Waals surface area contributed by atoms with Gasteiger partial charge in [-0.2, -0.15) is 15.0 Å². The van der Waals surface area contributed by atoms with E-state index in [1.54, 1.807) is 18.9 Å². The summed E-state index contributed by atoms with van der Waals surface area (Å²) in [4.78, 5) is 26.4. The zero-order valence-corrected chi connectivity index (χ0v) is 13.3. The highest BCUT2D eigenvalue weighted by molar-refractivity contribution is 5.83. The molecule has 0 aliphatic rings. The molecule has 1 heterocycles. The molecule has 1 aromatic rings. The van der Waals surface area contributed by atoms with Crippen LogP contribution >= 0.6 is 0 Å². The summed E-state index contributed by atoms with van der Waals surface area (Å²) in [6.45, 7) is 9.33. The minimum atomic E-state index is -0.425. The molecule has 1 aromatic heterocycles. The molecule has 2 N–H and O–H groups in total. The van der Waals surface area contributed by atoms with E-state index in [1.807, 2.05) is 20.8 Å². The van der Waals surface area contributed by atoms with Crippen LogP contribution in [0.5, 0.6) is 6.01 Å². The van der Waals surface area contributed by atoms with Crippen molar-refractivity contribution in [2.45, 2.75) is 33.7 Å². The molecule has 0 aliphatic carbocycles. The number of likely N-dealkylation sites (N-methyl/N-ethyl adjacent to an activating group) is 1. The van der Waals surface area contributed by atoms with E-state index < -0.39 is 6.04 Å². The Morgan fingerprint density at radius 1 is 1.19 bits per heavy atom. The van der Waals surface area contributed by atoms with Gasteiger partial charge < -0.3 is 20.3 Å². The maximum absolute atomic E-state index is 12.2. The number of carbonyl (C=O) groups is 1. The highest BCUT2D eigenvalue weighted by Crippen LogP contribution is 2.12. The smallest absolute Gasteiger partial charge is 0.323 e. The molecule has 0 saturated heterocycles. The van der Waals surface area contributed by atoms with Crippen molar-refractivity contribution in [3.05, 3.63) is 0 Å². The summed E-state index contributed by atoms with van der Waals surface area (Å²) in [6.07, 6.45) is 0. The normalized spacial score (nSPS) is 11.7. The van der Waals surface area contributed by atoms with Crippen LogP contribution in [0.25, 0.3) is 0 Å². The van der Waals surface area contributed by atoms with Crippen LogP contribution < -0.4 is 15.4 Å². The van der Waals surface area contributed by atoms with Crippen LogP contribution in [0.4, 0.5) is 11.9 Å².